The van der Waals surface area contributed by atoms with E-state index in [1.807, 2.05) is 20.8 Å². The van der Waals surface area contributed by atoms with Crippen LogP contribution in [-0.2, 0) is 23.9 Å². The fourth-order valence-corrected chi connectivity index (χ4v) is 10.9. The van der Waals surface area contributed by atoms with Gasteiger partial charge in [0.05, 0.1) is 4.92 Å². The summed E-state index contributed by atoms with van der Waals surface area (Å²) < 4.78 is 71.8. The van der Waals surface area contributed by atoms with Crippen LogP contribution in [0.25, 0.3) is 0 Å². The fourth-order valence-electron chi connectivity index (χ4n) is 4.71. The summed E-state index contributed by atoms with van der Waals surface area (Å²) in [6, 6.07) is 33.0. The van der Waals surface area contributed by atoms with Gasteiger partial charge in [-0.25, -0.2) is 3.63 Å². The van der Waals surface area contributed by atoms with Crippen molar-refractivity contribution in [3.8, 4) is 11.5 Å². The van der Waals surface area contributed by atoms with E-state index in [0.29, 0.717) is 20.4 Å². The predicted octanol–water partition coefficient (Wildman–Crippen LogP) is 8.45. The Morgan fingerprint density at radius 1 is 0.604 bits per heavy atom. The van der Waals surface area contributed by atoms with E-state index in [1.165, 1.54) is 12.1 Å². The quantitative estimate of drug-likeness (QED) is 0.0752. The summed E-state index contributed by atoms with van der Waals surface area (Å²) in [5.74, 6) is -0.0889. The van der Waals surface area contributed by atoms with E-state index in [1.54, 1.807) is 104 Å². The Morgan fingerprint density at radius 2 is 1.08 bits per heavy atom. The highest BCUT2D eigenvalue weighted by Gasteiger charge is 2.39. The summed E-state index contributed by atoms with van der Waals surface area (Å²) in [5, 5.41) is 12.1. The zero-order chi connectivity index (χ0) is 34.7. The minimum Gasteiger partial charge on any atom is -0.488 e. The van der Waals surface area contributed by atoms with Crippen LogP contribution >= 0.6 is 10.3 Å². The molecule has 0 aliphatic carbocycles. The van der Waals surface area contributed by atoms with Crippen LogP contribution in [0.1, 0.15) is 26.3 Å². The molecule has 5 rings (SSSR count). The Labute approximate surface area is 281 Å². The lowest BCUT2D eigenvalue weighted by Gasteiger charge is -2.39. The number of nitrogens with zero attached hydrogens (tertiary/aromatic N) is 1. The minimum atomic E-state index is -4.78. The molecule has 0 atom stereocenters. The summed E-state index contributed by atoms with van der Waals surface area (Å²) in [7, 11) is -12.3. The predicted molar refractivity (Wildman–Crippen MR) is 182 cm³/mol. The van der Waals surface area contributed by atoms with Gasteiger partial charge in [-0.15, -0.1) is 0 Å². The summed E-state index contributed by atoms with van der Waals surface area (Å²) in [4.78, 5) is 12.0. The molecule has 0 saturated carbocycles. The van der Waals surface area contributed by atoms with Crippen molar-refractivity contribution in [1.29, 1.82) is 0 Å². The van der Waals surface area contributed by atoms with Crippen molar-refractivity contribution >= 4 is 36.2 Å². The van der Waals surface area contributed by atoms with Gasteiger partial charge in [0.1, 0.15) is 21.1 Å². The van der Waals surface area contributed by atoms with Crippen molar-refractivity contribution in [2.75, 3.05) is 0 Å². The standard InChI is InChI=1S/C35H33NO9S3/c1-26-15-19-31(20-16-26)47(39,40)44-34-24-23-32(25-33(34)36(37)38)48(41,42)45-46(28-11-7-5-8-12-28,29-13-9-6-10-14-29)30-21-17-27(18-22-30)43-35(2,3)4/h5-25H,1-4H3. The summed E-state index contributed by atoms with van der Waals surface area (Å²) in [5.41, 5.74) is -0.555. The van der Waals surface area contributed by atoms with Gasteiger partial charge in [-0.05, 0) is 111 Å². The largest absolute Gasteiger partial charge is 0.488 e. The molecule has 0 fully saturated rings. The van der Waals surface area contributed by atoms with E-state index in [0.717, 1.165) is 23.8 Å². The summed E-state index contributed by atoms with van der Waals surface area (Å²) in [6.07, 6.45) is 0. The first-order valence-corrected chi connectivity index (χ1v) is 19.0. The first-order valence-electron chi connectivity index (χ1n) is 14.6. The van der Waals surface area contributed by atoms with E-state index in [9.17, 15) is 26.9 Å². The van der Waals surface area contributed by atoms with Crippen molar-refractivity contribution in [2.45, 2.75) is 57.8 Å². The lowest BCUT2D eigenvalue weighted by atomic mass is 10.2. The van der Waals surface area contributed by atoms with Crippen molar-refractivity contribution in [2.24, 2.45) is 0 Å². The Hall–Kier alpha value is -4.69. The smallest absolute Gasteiger partial charge is 0.339 e. The second kappa shape index (κ2) is 13.4. The molecule has 0 saturated heterocycles. The highest BCUT2D eigenvalue weighted by Crippen LogP contribution is 2.70. The number of hydrogen-bond acceptors (Lipinski definition) is 9. The molecular formula is C35H33NO9S3. The molecule has 0 aromatic heterocycles. The molecule has 0 aliphatic rings. The molecule has 0 unspecified atom stereocenters. The van der Waals surface area contributed by atoms with Crippen molar-refractivity contribution < 1.29 is 34.3 Å². The van der Waals surface area contributed by atoms with Crippen LogP contribution in [0.15, 0.2) is 152 Å². The summed E-state index contributed by atoms with van der Waals surface area (Å²) >= 11 is 0. The molecule has 10 nitrogen and oxygen atoms in total. The number of aryl methyl sites for hydroxylation is 1. The number of hydrogen-bond donors (Lipinski definition) is 0. The molecule has 5 aromatic carbocycles. The Morgan fingerprint density at radius 3 is 1.58 bits per heavy atom. The Kier molecular flexibility index (Phi) is 9.70. The molecule has 250 valence electrons. The van der Waals surface area contributed by atoms with Crippen LogP contribution in [0.3, 0.4) is 0 Å². The van der Waals surface area contributed by atoms with E-state index >= 15 is 0 Å². The van der Waals surface area contributed by atoms with E-state index in [4.69, 9.17) is 12.5 Å². The van der Waals surface area contributed by atoms with Gasteiger partial charge in [-0.3, -0.25) is 10.1 Å². The molecule has 0 N–H and O–H groups in total. The van der Waals surface area contributed by atoms with Gasteiger partial charge in [0, 0.05) is 20.8 Å². The van der Waals surface area contributed by atoms with Crippen molar-refractivity contribution in [3.63, 3.8) is 0 Å². The van der Waals surface area contributed by atoms with Crippen LogP contribution < -0.4 is 8.92 Å². The summed E-state index contributed by atoms with van der Waals surface area (Å²) in [6.45, 7) is 7.50. The fraction of sp³-hybridized carbons (Fsp3) is 0.143. The highest BCUT2D eigenvalue weighted by molar-refractivity contribution is 8.33. The third-order valence-electron chi connectivity index (χ3n) is 6.85. The maximum Gasteiger partial charge on any atom is 0.339 e. The molecule has 0 amide bonds. The van der Waals surface area contributed by atoms with Crippen LogP contribution in [0.4, 0.5) is 5.69 Å². The molecule has 0 heterocycles. The molecule has 0 bridgehead atoms. The third kappa shape index (κ3) is 7.55. The lowest BCUT2D eigenvalue weighted by molar-refractivity contribution is -0.385. The molecule has 5 aromatic rings. The first-order chi connectivity index (χ1) is 22.6. The average molecular weight is 708 g/mol. The van der Waals surface area contributed by atoms with Crippen LogP contribution in [0.5, 0.6) is 11.5 Å². The maximum atomic E-state index is 14.2. The van der Waals surface area contributed by atoms with Gasteiger partial charge in [0.15, 0.2) is 0 Å². The molecule has 0 radical (unpaired) electrons. The number of benzene rings is 5. The number of ether oxygens (including phenoxy) is 1. The van der Waals surface area contributed by atoms with Crippen LogP contribution in [0.2, 0.25) is 0 Å². The monoisotopic (exact) mass is 707 g/mol. The zero-order valence-electron chi connectivity index (χ0n) is 26.5. The topological polar surface area (TPSA) is 139 Å². The van der Waals surface area contributed by atoms with Gasteiger partial charge in [0.25, 0.3) is 0 Å². The van der Waals surface area contributed by atoms with E-state index < -0.39 is 57.4 Å². The second-order valence-corrected chi connectivity index (χ2v) is 17.6. The Bertz CT molecular complexity index is 2090. The lowest BCUT2D eigenvalue weighted by Crippen LogP contribution is -2.22. The number of nitro groups is 1. The number of nitro benzene ring substituents is 1. The van der Waals surface area contributed by atoms with E-state index in [2.05, 4.69) is 0 Å². The normalized spacial score (nSPS) is 12.7. The second-order valence-electron chi connectivity index (χ2n) is 11.6. The molecule has 0 spiro atoms. The highest BCUT2D eigenvalue weighted by atomic mass is 32.3. The molecule has 0 aliphatic heterocycles. The molecule has 48 heavy (non-hydrogen) atoms. The first kappa shape index (κ1) is 34.6. The number of rotatable bonds is 11. The van der Waals surface area contributed by atoms with Gasteiger partial charge in [0.2, 0.25) is 5.75 Å². The van der Waals surface area contributed by atoms with Gasteiger partial charge < -0.3 is 8.92 Å². The third-order valence-corrected chi connectivity index (χ3v) is 13.3. The van der Waals surface area contributed by atoms with Crippen molar-refractivity contribution in [1.82, 2.24) is 0 Å². The zero-order valence-corrected chi connectivity index (χ0v) is 28.9. The maximum absolute atomic E-state index is 14.2. The van der Waals surface area contributed by atoms with Gasteiger partial charge >= 0.3 is 25.9 Å². The van der Waals surface area contributed by atoms with Gasteiger partial charge in [-0.1, -0.05) is 54.1 Å². The minimum absolute atomic E-state index is 0.222. The molecular weight excluding hydrogens is 675 g/mol. The Balaban J connectivity index is 1.63. The molecule has 13 heteroatoms. The van der Waals surface area contributed by atoms with Crippen LogP contribution in [-0.4, -0.2) is 27.4 Å². The SMILES string of the molecule is Cc1ccc(S(=O)(=O)Oc2ccc(S(=O)(=O)OS(c3ccccc3)(c3ccccc3)c3ccc(OC(C)(C)C)cc3)cc2[N+](=O)[O-])cc1. The van der Waals surface area contributed by atoms with Gasteiger partial charge in [-0.2, -0.15) is 16.8 Å². The van der Waals surface area contributed by atoms with Crippen LogP contribution in [0, 0.1) is 17.0 Å². The van der Waals surface area contributed by atoms with E-state index in [-0.39, 0.29) is 4.90 Å². The van der Waals surface area contributed by atoms with Crippen molar-refractivity contribution in [3.05, 3.63) is 143 Å². The average Bonchev–Trinajstić information content (AvgIpc) is 3.04.